The van der Waals surface area contributed by atoms with Gasteiger partial charge in [0.05, 0.1) is 4.92 Å². The van der Waals surface area contributed by atoms with Crippen LogP contribution in [-0.4, -0.2) is 28.5 Å². The summed E-state index contributed by atoms with van der Waals surface area (Å²) in [5, 5.41) is 16.8. The number of aromatic nitrogens is 2. The van der Waals surface area contributed by atoms with Gasteiger partial charge >= 0.3 is 5.69 Å². The minimum Gasteiger partial charge on any atom is -0.367 e. The standard InChI is InChI=1S/C13H23N5O2/c1-3-4-5-6-7-8-9-15-13-11(18(19)20)12(14-2)16-10-17-13/h10H,3-9H2,1-2H3,(H2,14,15,16,17). The Morgan fingerprint density at radius 2 is 1.80 bits per heavy atom. The Bertz CT molecular complexity index is 425. The van der Waals surface area contributed by atoms with Crippen LogP contribution in [0.15, 0.2) is 6.33 Å². The monoisotopic (exact) mass is 281 g/mol. The molecule has 0 aliphatic carbocycles. The normalized spacial score (nSPS) is 10.3. The summed E-state index contributed by atoms with van der Waals surface area (Å²) in [5.74, 6) is 0.512. The Morgan fingerprint density at radius 1 is 1.15 bits per heavy atom. The van der Waals surface area contributed by atoms with Gasteiger partial charge in [-0.05, 0) is 6.42 Å². The average Bonchev–Trinajstić information content (AvgIpc) is 2.45. The van der Waals surface area contributed by atoms with Crippen LogP contribution in [0.4, 0.5) is 17.3 Å². The molecule has 0 radical (unpaired) electrons. The van der Waals surface area contributed by atoms with Crippen LogP contribution in [0.1, 0.15) is 45.4 Å². The number of unbranched alkanes of at least 4 members (excludes halogenated alkanes) is 5. The molecule has 7 nitrogen and oxygen atoms in total. The molecule has 1 aromatic heterocycles. The first-order chi connectivity index (χ1) is 9.70. The predicted molar refractivity (Wildman–Crippen MR) is 80.1 cm³/mol. The second-order valence-corrected chi connectivity index (χ2v) is 4.62. The van der Waals surface area contributed by atoms with Crippen molar-refractivity contribution in [1.82, 2.24) is 9.97 Å². The fourth-order valence-corrected chi connectivity index (χ4v) is 1.98. The molecular formula is C13H23N5O2. The van der Waals surface area contributed by atoms with Gasteiger partial charge in [0.1, 0.15) is 6.33 Å². The summed E-state index contributed by atoms with van der Waals surface area (Å²) >= 11 is 0. The third-order valence-electron chi connectivity index (χ3n) is 3.06. The molecule has 0 amide bonds. The highest BCUT2D eigenvalue weighted by Gasteiger charge is 2.21. The molecule has 112 valence electrons. The predicted octanol–water partition coefficient (Wildman–Crippen LogP) is 3.20. The summed E-state index contributed by atoms with van der Waals surface area (Å²) < 4.78 is 0. The van der Waals surface area contributed by atoms with E-state index in [1.54, 1.807) is 7.05 Å². The quantitative estimate of drug-likeness (QED) is 0.388. The zero-order valence-electron chi connectivity index (χ0n) is 12.2. The molecule has 2 N–H and O–H groups in total. The molecule has 0 aliphatic heterocycles. The van der Waals surface area contributed by atoms with Crippen LogP contribution in [0, 0.1) is 10.1 Å². The third kappa shape index (κ3) is 4.99. The Labute approximate surface area is 119 Å². The van der Waals surface area contributed by atoms with Crippen LogP contribution < -0.4 is 10.6 Å². The first-order valence-corrected chi connectivity index (χ1v) is 7.11. The summed E-state index contributed by atoms with van der Waals surface area (Å²) in [4.78, 5) is 18.4. The maximum Gasteiger partial charge on any atom is 0.353 e. The van der Waals surface area contributed by atoms with Crippen LogP contribution in [0.5, 0.6) is 0 Å². The van der Waals surface area contributed by atoms with Crippen molar-refractivity contribution >= 4 is 17.3 Å². The van der Waals surface area contributed by atoms with Crippen molar-refractivity contribution in [3.05, 3.63) is 16.4 Å². The lowest BCUT2D eigenvalue weighted by Crippen LogP contribution is -2.09. The minimum atomic E-state index is -0.463. The molecule has 0 saturated carbocycles. The van der Waals surface area contributed by atoms with Gasteiger partial charge in [0.25, 0.3) is 0 Å². The molecule has 0 spiro atoms. The van der Waals surface area contributed by atoms with Crippen LogP contribution in [0.25, 0.3) is 0 Å². The molecule has 20 heavy (non-hydrogen) atoms. The molecular weight excluding hydrogens is 258 g/mol. The Kier molecular flexibility index (Phi) is 7.31. The molecule has 1 rings (SSSR count). The van der Waals surface area contributed by atoms with Gasteiger partial charge < -0.3 is 10.6 Å². The molecule has 0 fully saturated rings. The molecule has 0 atom stereocenters. The minimum absolute atomic E-state index is 0.0963. The van der Waals surface area contributed by atoms with E-state index >= 15 is 0 Å². The van der Waals surface area contributed by atoms with Crippen molar-refractivity contribution in [3.63, 3.8) is 0 Å². The van der Waals surface area contributed by atoms with Crippen molar-refractivity contribution in [3.8, 4) is 0 Å². The first-order valence-electron chi connectivity index (χ1n) is 7.11. The Morgan fingerprint density at radius 3 is 2.45 bits per heavy atom. The molecule has 0 bridgehead atoms. The lowest BCUT2D eigenvalue weighted by atomic mass is 10.1. The third-order valence-corrected chi connectivity index (χ3v) is 3.06. The van der Waals surface area contributed by atoms with Gasteiger partial charge in [-0.25, -0.2) is 9.97 Å². The SMILES string of the molecule is CCCCCCCCNc1ncnc(NC)c1[N+](=O)[O-]. The summed E-state index contributed by atoms with van der Waals surface area (Å²) in [6.45, 7) is 2.88. The first kappa shape index (κ1) is 16.1. The van der Waals surface area contributed by atoms with E-state index in [9.17, 15) is 10.1 Å². The van der Waals surface area contributed by atoms with Crippen molar-refractivity contribution < 1.29 is 4.92 Å². The zero-order valence-corrected chi connectivity index (χ0v) is 12.2. The summed E-state index contributed by atoms with van der Waals surface area (Å²) in [6.07, 6.45) is 8.42. The van der Waals surface area contributed by atoms with E-state index in [1.807, 2.05) is 0 Å². The van der Waals surface area contributed by atoms with E-state index in [2.05, 4.69) is 27.5 Å². The fraction of sp³-hybridized carbons (Fsp3) is 0.692. The van der Waals surface area contributed by atoms with Gasteiger partial charge in [0.2, 0.25) is 11.6 Å². The lowest BCUT2D eigenvalue weighted by molar-refractivity contribution is -0.383. The van der Waals surface area contributed by atoms with Crippen LogP contribution >= 0.6 is 0 Å². The molecule has 0 aliphatic rings. The Hall–Kier alpha value is -1.92. The van der Waals surface area contributed by atoms with E-state index in [1.165, 1.54) is 32.0 Å². The van der Waals surface area contributed by atoms with Gasteiger partial charge in [-0.3, -0.25) is 10.1 Å². The van der Waals surface area contributed by atoms with E-state index in [4.69, 9.17) is 0 Å². The largest absolute Gasteiger partial charge is 0.367 e. The molecule has 7 heteroatoms. The summed E-state index contributed by atoms with van der Waals surface area (Å²) in [7, 11) is 1.60. The number of nitro groups is 1. The second-order valence-electron chi connectivity index (χ2n) is 4.62. The second kappa shape index (κ2) is 9.06. The van der Waals surface area contributed by atoms with E-state index in [0.29, 0.717) is 6.54 Å². The van der Waals surface area contributed by atoms with Gasteiger partial charge in [0.15, 0.2) is 0 Å². The van der Waals surface area contributed by atoms with Gasteiger partial charge in [-0.1, -0.05) is 39.0 Å². The number of nitrogens with zero attached hydrogens (tertiary/aromatic N) is 3. The Balaban J connectivity index is 2.45. The van der Waals surface area contributed by atoms with E-state index in [-0.39, 0.29) is 17.3 Å². The smallest absolute Gasteiger partial charge is 0.353 e. The summed E-state index contributed by atoms with van der Waals surface area (Å²) in [6, 6.07) is 0. The van der Waals surface area contributed by atoms with Crippen molar-refractivity contribution in [2.75, 3.05) is 24.2 Å². The van der Waals surface area contributed by atoms with Crippen molar-refractivity contribution in [2.24, 2.45) is 0 Å². The number of hydrogen-bond donors (Lipinski definition) is 2. The summed E-state index contributed by atoms with van der Waals surface area (Å²) in [5.41, 5.74) is -0.0963. The van der Waals surface area contributed by atoms with Crippen LogP contribution in [0.3, 0.4) is 0 Å². The maximum atomic E-state index is 11.1. The van der Waals surface area contributed by atoms with Crippen LogP contribution in [-0.2, 0) is 0 Å². The van der Waals surface area contributed by atoms with E-state index in [0.717, 1.165) is 12.8 Å². The average molecular weight is 281 g/mol. The number of nitrogens with one attached hydrogen (secondary N) is 2. The highest BCUT2D eigenvalue weighted by atomic mass is 16.6. The van der Waals surface area contributed by atoms with Gasteiger partial charge in [-0.15, -0.1) is 0 Å². The zero-order chi connectivity index (χ0) is 14.8. The van der Waals surface area contributed by atoms with Crippen molar-refractivity contribution in [2.45, 2.75) is 45.4 Å². The highest BCUT2D eigenvalue weighted by Crippen LogP contribution is 2.28. The van der Waals surface area contributed by atoms with Gasteiger partial charge in [0, 0.05) is 13.6 Å². The number of rotatable bonds is 10. The topological polar surface area (TPSA) is 93.0 Å². The molecule has 0 saturated heterocycles. The number of hydrogen-bond acceptors (Lipinski definition) is 6. The fourth-order valence-electron chi connectivity index (χ4n) is 1.98. The molecule has 1 aromatic rings. The molecule has 0 aromatic carbocycles. The van der Waals surface area contributed by atoms with Gasteiger partial charge in [-0.2, -0.15) is 0 Å². The lowest BCUT2D eigenvalue weighted by Gasteiger charge is -2.08. The van der Waals surface area contributed by atoms with E-state index < -0.39 is 4.92 Å². The number of anilines is 2. The molecule has 1 heterocycles. The van der Waals surface area contributed by atoms with Crippen molar-refractivity contribution in [1.29, 1.82) is 0 Å². The highest BCUT2D eigenvalue weighted by molar-refractivity contribution is 5.68. The molecule has 0 unspecified atom stereocenters. The maximum absolute atomic E-state index is 11.1. The van der Waals surface area contributed by atoms with Crippen LogP contribution in [0.2, 0.25) is 0 Å².